The zero-order valence-corrected chi connectivity index (χ0v) is 12.1. The number of benzene rings is 1. The van der Waals surface area contributed by atoms with Crippen molar-refractivity contribution in [3.05, 3.63) is 57.4 Å². The van der Waals surface area contributed by atoms with Crippen LogP contribution in [0, 0.1) is 0 Å². The van der Waals surface area contributed by atoms with Crippen LogP contribution in [0.3, 0.4) is 0 Å². The summed E-state index contributed by atoms with van der Waals surface area (Å²) < 4.78 is 5.91. The first-order valence-electron chi connectivity index (χ1n) is 6.13. The first-order chi connectivity index (χ1) is 9.26. The molecule has 0 saturated carbocycles. The quantitative estimate of drug-likeness (QED) is 0.757. The van der Waals surface area contributed by atoms with E-state index < -0.39 is 0 Å². The molecule has 0 fully saturated rings. The Morgan fingerprint density at radius 3 is 2.95 bits per heavy atom. The van der Waals surface area contributed by atoms with Gasteiger partial charge in [0.2, 0.25) is 0 Å². The SMILES string of the molecule is CNC(Cc1ccsc1)c1cc2cc(Cl)ccc2o1. The zero-order chi connectivity index (χ0) is 13.2. The van der Waals surface area contributed by atoms with Crippen LogP contribution in [0.15, 0.2) is 45.5 Å². The maximum absolute atomic E-state index is 6.00. The normalized spacial score (nSPS) is 12.9. The van der Waals surface area contributed by atoms with Gasteiger partial charge in [0, 0.05) is 10.4 Å². The van der Waals surface area contributed by atoms with Gasteiger partial charge in [-0.1, -0.05) is 11.6 Å². The molecule has 0 amide bonds. The molecular formula is C15H14ClNOS. The third-order valence-corrected chi connectivity index (χ3v) is 4.18. The van der Waals surface area contributed by atoms with Gasteiger partial charge in [-0.2, -0.15) is 11.3 Å². The number of furan rings is 1. The highest BCUT2D eigenvalue weighted by Gasteiger charge is 2.15. The van der Waals surface area contributed by atoms with Crippen molar-refractivity contribution < 1.29 is 4.42 Å². The second-order valence-electron chi connectivity index (χ2n) is 4.51. The standard InChI is InChI=1S/C15H14ClNOS/c1-17-13(6-10-4-5-19-9-10)15-8-11-7-12(16)2-3-14(11)18-15/h2-5,7-9,13,17H,6H2,1H3. The van der Waals surface area contributed by atoms with Gasteiger partial charge >= 0.3 is 0 Å². The maximum atomic E-state index is 6.00. The molecule has 0 aliphatic rings. The van der Waals surface area contributed by atoms with Crippen molar-refractivity contribution in [3.8, 4) is 0 Å². The molecule has 2 nitrogen and oxygen atoms in total. The number of halogens is 1. The Morgan fingerprint density at radius 1 is 1.32 bits per heavy atom. The topological polar surface area (TPSA) is 25.2 Å². The molecule has 2 aromatic heterocycles. The summed E-state index contributed by atoms with van der Waals surface area (Å²) in [7, 11) is 1.96. The molecule has 3 aromatic rings. The van der Waals surface area contributed by atoms with E-state index in [1.807, 2.05) is 25.2 Å². The van der Waals surface area contributed by atoms with Crippen molar-refractivity contribution in [3.63, 3.8) is 0 Å². The molecule has 1 N–H and O–H groups in total. The van der Waals surface area contributed by atoms with Gasteiger partial charge in [-0.25, -0.2) is 0 Å². The van der Waals surface area contributed by atoms with Gasteiger partial charge in [-0.3, -0.25) is 0 Å². The minimum absolute atomic E-state index is 0.181. The predicted octanol–water partition coefficient (Wildman–Crippen LogP) is 4.65. The van der Waals surface area contributed by atoms with Crippen molar-refractivity contribution in [1.82, 2.24) is 5.32 Å². The van der Waals surface area contributed by atoms with Crippen molar-refractivity contribution in [2.45, 2.75) is 12.5 Å². The lowest BCUT2D eigenvalue weighted by Crippen LogP contribution is -2.17. The van der Waals surface area contributed by atoms with E-state index in [1.165, 1.54) is 5.56 Å². The van der Waals surface area contributed by atoms with Gasteiger partial charge < -0.3 is 9.73 Å². The summed E-state index contributed by atoms with van der Waals surface area (Å²) in [6.45, 7) is 0. The van der Waals surface area contributed by atoms with Crippen LogP contribution in [0.1, 0.15) is 17.4 Å². The highest BCUT2D eigenvalue weighted by molar-refractivity contribution is 7.07. The highest BCUT2D eigenvalue weighted by Crippen LogP contribution is 2.28. The van der Waals surface area contributed by atoms with Crippen molar-refractivity contribution >= 4 is 33.9 Å². The lowest BCUT2D eigenvalue weighted by molar-refractivity contribution is 0.451. The largest absolute Gasteiger partial charge is 0.459 e. The Kier molecular flexibility index (Phi) is 3.60. The fourth-order valence-corrected chi connectivity index (χ4v) is 3.06. The molecule has 2 heterocycles. The summed E-state index contributed by atoms with van der Waals surface area (Å²) in [5.41, 5.74) is 2.20. The smallest absolute Gasteiger partial charge is 0.134 e. The van der Waals surface area contributed by atoms with Gasteiger partial charge in [0.1, 0.15) is 11.3 Å². The number of fused-ring (bicyclic) bond motifs is 1. The van der Waals surface area contributed by atoms with Crippen LogP contribution in [0.2, 0.25) is 5.02 Å². The lowest BCUT2D eigenvalue weighted by Gasteiger charge is -2.12. The molecule has 3 rings (SSSR count). The summed E-state index contributed by atoms with van der Waals surface area (Å²) in [5.74, 6) is 0.950. The van der Waals surface area contributed by atoms with Crippen LogP contribution in [0.4, 0.5) is 0 Å². The third-order valence-electron chi connectivity index (χ3n) is 3.21. The van der Waals surface area contributed by atoms with Gasteiger partial charge in [-0.15, -0.1) is 0 Å². The summed E-state index contributed by atoms with van der Waals surface area (Å²) in [6.07, 6.45) is 0.924. The van der Waals surface area contributed by atoms with Crippen LogP contribution in [-0.4, -0.2) is 7.05 Å². The predicted molar refractivity (Wildman–Crippen MR) is 81.0 cm³/mol. The number of likely N-dealkylation sites (N-methyl/N-ethyl adjacent to an activating group) is 1. The van der Waals surface area contributed by atoms with E-state index in [-0.39, 0.29) is 6.04 Å². The molecule has 4 heteroatoms. The summed E-state index contributed by atoms with van der Waals surface area (Å²) >= 11 is 7.72. The Balaban J connectivity index is 1.92. The average Bonchev–Trinajstić information content (AvgIpc) is 3.03. The highest BCUT2D eigenvalue weighted by atomic mass is 35.5. The summed E-state index contributed by atoms with van der Waals surface area (Å²) in [6, 6.07) is 10.1. The molecule has 0 spiro atoms. The van der Waals surface area contributed by atoms with E-state index in [2.05, 4.69) is 28.2 Å². The first-order valence-corrected chi connectivity index (χ1v) is 7.45. The van der Waals surface area contributed by atoms with Crippen molar-refractivity contribution in [1.29, 1.82) is 0 Å². The van der Waals surface area contributed by atoms with Gasteiger partial charge in [0.05, 0.1) is 6.04 Å². The molecule has 0 bridgehead atoms. The maximum Gasteiger partial charge on any atom is 0.134 e. The summed E-state index contributed by atoms with van der Waals surface area (Å²) in [5, 5.41) is 9.36. The first kappa shape index (κ1) is 12.7. The third kappa shape index (κ3) is 2.68. The van der Waals surface area contributed by atoms with E-state index in [9.17, 15) is 0 Å². The van der Waals surface area contributed by atoms with Crippen molar-refractivity contribution in [2.75, 3.05) is 7.05 Å². The number of rotatable bonds is 4. The van der Waals surface area contributed by atoms with E-state index in [0.29, 0.717) is 0 Å². The van der Waals surface area contributed by atoms with Crippen LogP contribution in [0.5, 0.6) is 0 Å². The van der Waals surface area contributed by atoms with Crippen LogP contribution >= 0.6 is 22.9 Å². The molecule has 98 valence electrons. The van der Waals surface area contributed by atoms with Crippen LogP contribution in [0.25, 0.3) is 11.0 Å². The summed E-state index contributed by atoms with van der Waals surface area (Å²) in [4.78, 5) is 0. The Bertz CT molecular complexity index is 675. The van der Waals surface area contributed by atoms with E-state index in [4.69, 9.17) is 16.0 Å². The molecule has 0 aliphatic heterocycles. The second kappa shape index (κ2) is 5.37. The molecule has 0 aliphatic carbocycles. The number of hydrogen-bond acceptors (Lipinski definition) is 3. The Morgan fingerprint density at radius 2 is 2.21 bits per heavy atom. The fourth-order valence-electron chi connectivity index (χ4n) is 2.20. The Hall–Kier alpha value is -1.29. The zero-order valence-electron chi connectivity index (χ0n) is 10.5. The Labute approximate surface area is 121 Å². The molecule has 0 saturated heterocycles. The molecule has 1 unspecified atom stereocenters. The number of hydrogen-bond donors (Lipinski definition) is 1. The monoisotopic (exact) mass is 291 g/mol. The van der Waals surface area contributed by atoms with Gasteiger partial charge in [0.25, 0.3) is 0 Å². The van der Waals surface area contributed by atoms with E-state index in [1.54, 1.807) is 11.3 Å². The second-order valence-corrected chi connectivity index (χ2v) is 5.72. The molecule has 19 heavy (non-hydrogen) atoms. The lowest BCUT2D eigenvalue weighted by atomic mass is 10.1. The van der Waals surface area contributed by atoms with Gasteiger partial charge in [-0.05, 0) is 60.1 Å². The molecule has 1 aromatic carbocycles. The minimum Gasteiger partial charge on any atom is -0.459 e. The van der Waals surface area contributed by atoms with Crippen LogP contribution in [-0.2, 0) is 6.42 Å². The number of thiophene rings is 1. The van der Waals surface area contributed by atoms with Crippen LogP contribution < -0.4 is 5.32 Å². The van der Waals surface area contributed by atoms with E-state index in [0.717, 1.165) is 28.2 Å². The van der Waals surface area contributed by atoms with Gasteiger partial charge in [0.15, 0.2) is 0 Å². The molecular weight excluding hydrogens is 278 g/mol. The number of nitrogens with one attached hydrogen (secondary N) is 1. The fraction of sp³-hybridized carbons (Fsp3) is 0.200. The van der Waals surface area contributed by atoms with E-state index >= 15 is 0 Å². The van der Waals surface area contributed by atoms with Crippen molar-refractivity contribution in [2.24, 2.45) is 0 Å². The molecule has 0 radical (unpaired) electrons. The minimum atomic E-state index is 0.181. The average molecular weight is 292 g/mol. The molecule has 1 atom stereocenters.